The average molecular weight is 220 g/mol. The molecule has 0 aromatic carbocycles. The summed E-state index contributed by atoms with van der Waals surface area (Å²) in [7, 11) is 0. The van der Waals surface area contributed by atoms with Crippen LogP contribution in [0.3, 0.4) is 0 Å². The number of amides is 1. The van der Waals surface area contributed by atoms with Crippen LogP contribution in [0.25, 0.3) is 0 Å². The summed E-state index contributed by atoms with van der Waals surface area (Å²) in [6, 6.07) is 3.49. The molecule has 1 saturated heterocycles. The van der Waals surface area contributed by atoms with Gasteiger partial charge in [0.1, 0.15) is 0 Å². The second-order valence-corrected chi connectivity index (χ2v) is 4.20. The molecule has 0 saturated carbocycles. The molecular weight excluding hydrogens is 204 g/mol. The molecule has 0 radical (unpaired) electrons. The summed E-state index contributed by atoms with van der Waals surface area (Å²) >= 11 is 0. The Hall–Kier alpha value is -1.42. The number of aromatic nitrogens is 1. The quantitative estimate of drug-likeness (QED) is 0.717. The minimum Gasteiger partial charge on any atom is -0.372 e. The molecule has 4 heteroatoms. The molecule has 0 N–H and O–H groups in total. The van der Waals surface area contributed by atoms with Gasteiger partial charge in [0.25, 0.3) is 5.91 Å². The van der Waals surface area contributed by atoms with Crippen molar-refractivity contribution in [3.63, 3.8) is 0 Å². The van der Waals surface area contributed by atoms with Crippen LogP contribution in [-0.2, 0) is 4.74 Å². The van der Waals surface area contributed by atoms with Crippen molar-refractivity contribution in [2.45, 2.75) is 26.1 Å². The largest absolute Gasteiger partial charge is 0.372 e. The fourth-order valence-corrected chi connectivity index (χ4v) is 2.02. The van der Waals surface area contributed by atoms with Crippen LogP contribution < -0.4 is 0 Å². The van der Waals surface area contributed by atoms with Gasteiger partial charge in [-0.15, -0.1) is 0 Å². The van der Waals surface area contributed by atoms with E-state index in [-0.39, 0.29) is 18.1 Å². The average Bonchev–Trinajstić information content (AvgIpc) is 2.28. The SMILES string of the molecule is C[C@@H]1CN(C(=O)c2ccncc2)C[C@H](C)O1. The van der Waals surface area contributed by atoms with Crippen molar-refractivity contribution in [2.75, 3.05) is 13.1 Å². The van der Waals surface area contributed by atoms with Gasteiger partial charge in [-0.3, -0.25) is 9.78 Å². The van der Waals surface area contributed by atoms with Crippen LogP contribution >= 0.6 is 0 Å². The summed E-state index contributed by atoms with van der Waals surface area (Å²) in [6.45, 7) is 5.29. The third-order valence-corrected chi connectivity index (χ3v) is 2.63. The van der Waals surface area contributed by atoms with E-state index < -0.39 is 0 Å². The molecule has 0 unspecified atom stereocenters. The van der Waals surface area contributed by atoms with Crippen LogP contribution in [0.2, 0.25) is 0 Å². The van der Waals surface area contributed by atoms with E-state index in [1.807, 2.05) is 18.7 Å². The molecule has 1 aromatic heterocycles. The molecule has 1 aliphatic rings. The fraction of sp³-hybridized carbons (Fsp3) is 0.500. The van der Waals surface area contributed by atoms with E-state index in [4.69, 9.17) is 4.74 Å². The minimum atomic E-state index is 0.0596. The highest BCUT2D eigenvalue weighted by Gasteiger charge is 2.26. The lowest BCUT2D eigenvalue weighted by Crippen LogP contribution is -2.48. The zero-order valence-corrected chi connectivity index (χ0v) is 9.59. The van der Waals surface area contributed by atoms with Crippen LogP contribution in [-0.4, -0.2) is 41.1 Å². The molecule has 0 aliphatic carbocycles. The van der Waals surface area contributed by atoms with Crippen molar-refractivity contribution in [2.24, 2.45) is 0 Å². The molecule has 86 valence electrons. The van der Waals surface area contributed by atoms with E-state index in [0.29, 0.717) is 18.7 Å². The molecule has 2 rings (SSSR count). The van der Waals surface area contributed by atoms with E-state index in [0.717, 1.165) is 0 Å². The van der Waals surface area contributed by atoms with Crippen LogP contribution in [0, 0.1) is 0 Å². The first kappa shape index (κ1) is 11.1. The van der Waals surface area contributed by atoms with Gasteiger partial charge in [-0.1, -0.05) is 0 Å². The second-order valence-electron chi connectivity index (χ2n) is 4.20. The van der Waals surface area contributed by atoms with Crippen LogP contribution in [0.5, 0.6) is 0 Å². The van der Waals surface area contributed by atoms with E-state index in [1.165, 1.54) is 0 Å². The number of rotatable bonds is 1. The number of morpholine rings is 1. The molecule has 2 atom stereocenters. The van der Waals surface area contributed by atoms with Crippen LogP contribution in [0.15, 0.2) is 24.5 Å². The number of carbonyl (C=O) groups excluding carboxylic acids is 1. The summed E-state index contributed by atoms with van der Waals surface area (Å²) in [6.07, 6.45) is 3.49. The number of hydrogen-bond donors (Lipinski definition) is 0. The van der Waals surface area contributed by atoms with Gasteiger partial charge in [-0.05, 0) is 26.0 Å². The first-order valence-electron chi connectivity index (χ1n) is 5.51. The highest BCUT2D eigenvalue weighted by molar-refractivity contribution is 5.94. The molecule has 16 heavy (non-hydrogen) atoms. The van der Waals surface area contributed by atoms with Crippen molar-refractivity contribution in [3.8, 4) is 0 Å². The van der Waals surface area contributed by atoms with Gasteiger partial charge in [-0.2, -0.15) is 0 Å². The van der Waals surface area contributed by atoms with E-state index in [2.05, 4.69) is 4.98 Å². The maximum atomic E-state index is 12.1. The van der Waals surface area contributed by atoms with Gasteiger partial charge in [0.15, 0.2) is 0 Å². The standard InChI is InChI=1S/C12H16N2O2/c1-9-7-14(8-10(2)16-9)12(15)11-3-5-13-6-4-11/h3-6,9-10H,7-8H2,1-2H3/t9-,10+. The van der Waals surface area contributed by atoms with Gasteiger partial charge >= 0.3 is 0 Å². The van der Waals surface area contributed by atoms with Crippen molar-refractivity contribution in [1.29, 1.82) is 0 Å². The van der Waals surface area contributed by atoms with Gasteiger partial charge in [0.05, 0.1) is 12.2 Å². The molecule has 0 bridgehead atoms. The molecular formula is C12H16N2O2. The Labute approximate surface area is 95.2 Å². The number of hydrogen-bond acceptors (Lipinski definition) is 3. The summed E-state index contributed by atoms with van der Waals surface area (Å²) < 4.78 is 5.60. The minimum absolute atomic E-state index is 0.0596. The Morgan fingerprint density at radius 3 is 2.44 bits per heavy atom. The first-order valence-corrected chi connectivity index (χ1v) is 5.51. The highest BCUT2D eigenvalue weighted by Crippen LogP contribution is 2.13. The number of carbonyl (C=O) groups is 1. The maximum absolute atomic E-state index is 12.1. The summed E-state index contributed by atoms with van der Waals surface area (Å²) in [5.41, 5.74) is 0.691. The van der Waals surface area contributed by atoms with Gasteiger partial charge in [-0.25, -0.2) is 0 Å². The number of nitrogens with zero attached hydrogens (tertiary/aromatic N) is 2. The lowest BCUT2D eigenvalue weighted by atomic mass is 10.2. The fourth-order valence-electron chi connectivity index (χ4n) is 2.02. The molecule has 1 aliphatic heterocycles. The van der Waals surface area contributed by atoms with Gasteiger partial charge in [0, 0.05) is 31.0 Å². The molecule has 0 spiro atoms. The number of pyridine rings is 1. The third-order valence-electron chi connectivity index (χ3n) is 2.63. The summed E-state index contributed by atoms with van der Waals surface area (Å²) in [4.78, 5) is 17.9. The van der Waals surface area contributed by atoms with Gasteiger partial charge in [0.2, 0.25) is 0 Å². The maximum Gasteiger partial charge on any atom is 0.254 e. The van der Waals surface area contributed by atoms with Crippen molar-refractivity contribution < 1.29 is 9.53 Å². The lowest BCUT2D eigenvalue weighted by molar-refractivity contribution is -0.0586. The Morgan fingerprint density at radius 1 is 1.31 bits per heavy atom. The monoisotopic (exact) mass is 220 g/mol. The zero-order chi connectivity index (χ0) is 11.5. The smallest absolute Gasteiger partial charge is 0.254 e. The first-order chi connectivity index (χ1) is 7.66. The molecule has 1 amide bonds. The van der Waals surface area contributed by atoms with E-state index >= 15 is 0 Å². The van der Waals surface area contributed by atoms with Crippen LogP contribution in [0.1, 0.15) is 24.2 Å². The number of ether oxygens (including phenoxy) is 1. The second kappa shape index (κ2) is 4.61. The summed E-state index contributed by atoms with van der Waals surface area (Å²) in [5, 5.41) is 0. The van der Waals surface area contributed by atoms with Crippen LogP contribution in [0.4, 0.5) is 0 Å². The highest BCUT2D eigenvalue weighted by atomic mass is 16.5. The van der Waals surface area contributed by atoms with Crippen molar-refractivity contribution >= 4 is 5.91 Å². The normalized spacial score (nSPS) is 25.5. The molecule has 1 aromatic rings. The Balaban J connectivity index is 2.10. The topological polar surface area (TPSA) is 42.4 Å². The third kappa shape index (κ3) is 2.39. The molecule has 4 nitrogen and oxygen atoms in total. The van der Waals surface area contributed by atoms with Gasteiger partial charge < -0.3 is 9.64 Å². The predicted octanol–water partition coefficient (Wildman–Crippen LogP) is 1.33. The Morgan fingerprint density at radius 2 is 1.88 bits per heavy atom. The predicted molar refractivity (Wildman–Crippen MR) is 60.1 cm³/mol. The zero-order valence-electron chi connectivity index (χ0n) is 9.59. The Bertz CT molecular complexity index is 357. The Kier molecular flexibility index (Phi) is 3.19. The van der Waals surface area contributed by atoms with E-state index in [1.54, 1.807) is 24.5 Å². The van der Waals surface area contributed by atoms with Crippen molar-refractivity contribution in [1.82, 2.24) is 9.88 Å². The van der Waals surface area contributed by atoms with Crippen molar-refractivity contribution in [3.05, 3.63) is 30.1 Å². The molecule has 2 heterocycles. The van der Waals surface area contributed by atoms with E-state index in [9.17, 15) is 4.79 Å². The summed E-state index contributed by atoms with van der Waals surface area (Å²) in [5.74, 6) is 0.0596. The molecule has 1 fully saturated rings. The lowest BCUT2D eigenvalue weighted by Gasteiger charge is -2.35.